The van der Waals surface area contributed by atoms with Crippen molar-refractivity contribution in [3.05, 3.63) is 39.6 Å². The van der Waals surface area contributed by atoms with Crippen LogP contribution in [-0.4, -0.2) is 26.7 Å². The van der Waals surface area contributed by atoms with E-state index in [0.29, 0.717) is 0 Å². The number of thiophene rings is 1. The van der Waals surface area contributed by atoms with Gasteiger partial charge in [0.1, 0.15) is 17.0 Å². The van der Waals surface area contributed by atoms with Crippen LogP contribution in [0.3, 0.4) is 0 Å². The van der Waals surface area contributed by atoms with Crippen molar-refractivity contribution in [2.45, 2.75) is 13.0 Å². The Balaban J connectivity index is 1.65. The van der Waals surface area contributed by atoms with E-state index in [2.05, 4.69) is 52.8 Å². The lowest BCUT2D eigenvalue weighted by atomic mass is 10.1. The predicted octanol–water partition coefficient (Wildman–Crippen LogP) is 3.72. The van der Waals surface area contributed by atoms with Crippen LogP contribution in [0.4, 0.5) is 11.5 Å². The summed E-state index contributed by atoms with van der Waals surface area (Å²) in [6, 6.07) is 4.09. The van der Waals surface area contributed by atoms with E-state index in [1.807, 2.05) is 12.3 Å². The number of fused-ring (bicyclic) bond motifs is 4. The van der Waals surface area contributed by atoms with E-state index in [4.69, 9.17) is 0 Å². The van der Waals surface area contributed by atoms with Crippen LogP contribution in [0.1, 0.15) is 10.4 Å². The first-order valence-electron chi connectivity index (χ1n) is 7.65. The van der Waals surface area contributed by atoms with Crippen LogP contribution in [0.15, 0.2) is 29.1 Å². The van der Waals surface area contributed by atoms with Crippen molar-refractivity contribution in [1.29, 1.82) is 0 Å². The molecule has 3 aromatic heterocycles. The Morgan fingerprint density at radius 3 is 3.17 bits per heavy atom. The molecule has 8 heteroatoms. The van der Waals surface area contributed by atoms with Gasteiger partial charge in [0, 0.05) is 21.3 Å². The minimum absolute atomic E-state index is 0.864. The zero-order chi connectivity index (χ0) is 16.1. The molecular weight excluding hydrogens is 388 g/mol. The Morgan fingerprint density at radius 2 is 2.21 bits per heavy atom. The Bertz CT molecular complexity index is 1070. The van der Waals surface area contributed by atoms with Gasteiger partial charge in [-0.25, -0.2) is 9.97 Å². The van der Waals surface area contributed by atoms with Crippen LogP contribution in [-0.2, 0) is 13.0 Å². The first-order chi connectivity index (χ1) is 11.8. The van der Waals surface area contributed by atoms with Crippen molar-refractivity contribution in [1.82, 2.24) is 25.5 Å². The van der Waals surface area contributed by atoms with Crippen molar-refractivity contribution in [2.24, 2.45) is 0 Å². The maximum absolute atomic E-state index is 4.51. The number of H-pyrrole nitrogens is 1. The minimum atomic E-state index is 0.864. The second-order valence-corrected chi connectivity index (χ2v) is 7.69. The highest BCUT2D eigenvalue weighted by Crippen LogP contribution is 2.38. The van der Waals surface area contributed by atoms with E-state index < -0.39 is 0 Å². The minimum Gasteiger partial charge on any atom is -0.339 e. The normalized spacial score (nSPS) is 14.2. The molecule has 24 heavy (non-hydrogen) atoms. The molecule has 0 radical (unpaired) electrons. The monoisotopic (exact) mass is 400 g/mol. The molecule has 4 heterocycles. The number of hydrogen-bond donors (Lipinski definition) is 3. The molecule has 1 aromatic carbocycles. The van der Waals surface area contributed by atoms with Gasteiger partial charge < -0.3 is 10.6 Å². The van der Waals surface area contributed by atoms with Crippen molar-refractivity contribution in [2.75, 3.05) is 11.9 Å². The van der Waals surface area contributed by atoms with Gasteiger partial charge in [-0.05, 0) is 46.6 Å². The van der Waals surface area contributed by atoms with E-state index in [9.17, 15) is 0 Å². The van der Waals surface area contributed by atoms with Crippen molar-refractivity contribution in [3.8, 4) is 0 Å². The second kappa shape index (κ2) is 5.51. The van der Waals surface area contributed by atoms with Gasteiger partial charge in [0.2, 0.25) is 0 Å². The third-order valence-corrected chi connectivity index (χ3v) is 6.09. The van der Waals surface area contributed by atoms with Gasteiger partial charge >= 0.3 is 0 Å². The quantitative estimate of drug-likeness (QED) is 0.477. The number of hydrogen-bond acceptors (Lipinski definition) is 6. The Hall–Kier alpha value is -2.03. The van der Waals surface area contributed by atoms with Gasteiger partial charge in [0.05, 0.1) is 22.8 Å². The zero-order valence-electron chi connectivity index (χ0n) is 12.6. The summed E-state index contributed by atoms with van der Waals surface area (Å²) < 4.78 is 0.969. The van der Waals surface area contributed by atoms with Gasteiger partial charge in [-0.2, -0.15) is 5.10 Å². The van der Waals surface area contributed by atoms with Gasteiger partial charge in [0.15, 0.2) is 0 Å². The molecule has 0 amide bonds. The lowest BCUT2D eigenvalue weighted by molar-refractivity contribution is 0.657. The lowest BCUT2D eigenvalue weighted by Gasteiger charge is -2.14. The molecule has 0 spiro atoms. The van der Waals surface area contributed by atoms with Gasteiger partial charge in [-0.3, -0.25) is 5.10 Å². The van der Waals surface area contributed by atoms with E-state index in [1.54, 1.807) is 17.7 Å². The highest BCUT2D eigenvalue weighted by atomic mass is 79.9. The maximum Gasteiger partial charge on any atom is 0.142 e. The smallest absolute Gasteiger partial charge is 0.142 e. The largest absolute Gasteiger partial charge is 0.339 e. The lowest BCUT2D eigenvalue weighted by Crippen LogP contribution is -2.22. The maximum atomic E-state index is 4.51. The third-order valence-electron chi connectivity index (χ3n) is 4.29. The first-order valence-corrected chi connectivity index (χ1v) is 9.26. The number of aromatic amines is 1. The standard InChI is InChI=1S/C16H13BrN6S/c17-10-4-11-8(5-21-23-11)3-12(10)22-15-14-9-1-2-18-6-13(9)24-16(14)20-7-19-15/h3-5,7,18H,1-2,6H2,(H,21,23)(H,19,20,22). The molecule has 0 aliphatic carbocycles. The van der Waals surface area contributed by atoms with Crippen molar-refractivity contribution in [3.63, 3.8) is 0 Å². The number of nitrogens with one attached hydrogen (secondary N) is 3. The molecule has 4 aromatic rings. The highest BCUT2D eigenvalue weighted by molar-refractivity contribution is 9.10. The van der Waals surface area contributed by atoms with Gasteiger partial charge in [0.25, 0.3) is 0 Å². The highest BCUT2D eigenvalue weighted by Gasteiger charge is 2.20. The topological polar surface area (TPSA) is 78.5 Å². The van der Waals surface area contributed by atoms with Crippen LogP contribution >= 0.6 is 27.3 Å². The summed E-state index contributed by atoms with van der Waals surface area (Å²) in [6.07, 6.45) is 4.46. The van der Waals surface area contributed by atoms with Crippen LogP contribution in [0.5, 0.6) is 0 Å². The van der Waals surface area contributed by atoms with Crippen molar-refractivity contribution >= 4 is 59.9 Å². The van der Waals surface area contributed by atoms with Crippen LogP contribution in [0, 0.1) is 0 Å². The number of nitrogens with zero attached hydrogens (tertiary/aromatic N) is 3. The first kappa shape index (κ1) is 14.3. The van der Waals surface area contributed by atoms with E-state index >= 15 is 0 Å². The molecule has 1 aliphatic heterocycles. The molecule has 0 unspecified atom stereocenters. The molecule has 0 fully saturated rings. The SMILES string of the molecule is Brc1cc2[nH]ncc2cc1Nc1ncnc2sc3c(c12)CCNC3. The van der Waals surface area contributed by atoms with E-state index in [-0.39, 0.29) is 0 Å². The predicted molar refractivity (Wildman–Crippen MR) is 99.9 cm³/mol. The molecule has 120 valence electrons. The summed E-state index contributed by atoms with van der Waals surface area (Å²) in [6.45, 7) is 1.91. The zero-order valence-corrected chi connectivity index (χ0v) is 15.0. The number of rotatable bonds is 2. The summed E-state index contributed by atoms with van der Waals surface area (Å²) in [5.41, 5.74) is 3.34. The number of anilines is 2. The Labute approximate surface area is 149 Å². The number of benzene rings is 1. The third kappa shape index (κ3) is 2.21. The van der Waals surface area contributed by atoms with Crippen molar-refractivity contribution < 1.29 is 0 Å². The molecule has 1 aliphatic rings. The summed E-state index contributed by atoms with van der Waals surface area (Å²) in [5, 5.41) is 16.2. The van der Waals surface area contributed by atoms with Gasteiger partial charge in [-0.1, -0.05) is 0 Å². The molecule has 6 nitrogen and oxygen atoms in total. The fourth-order valence-corrected chi connectivity index (χ4v) is 4.74. The number of aromatic nitrogens is 4. The Morgan fingerprint density at radius 1 is 1.25 bits per heavy atom. The Kier molecular flexibility index (Phi) is 3.29. The summed E-state index contributed by atoms with van der Waals surface area (Å²) in [5.74, 6) is 0.864. The van der Waals surface area contributed by atoms with E-state index in [1.165, 1.54) is 10.4 Å². The molecule has 0 bridgehead atoms. The van der Waals surface area contributed by atoms with Crippen LogP contribution < -0.4 is 10.6 Å². The molecular formula is C16H13BrN6S. The summed E-state index contributed by atoms with van der Waals surface area (Å²) in [4.78, 5) is 11.4. The molecule has 3 N–H and O–H groups in total. The number of halogens is 1. The molecule has 0 atom stereocenters. The van der Waals surface area contributed by atoms with Gasteiger partial charge in [-0.15, -0.1) is 11.3 Å². The summed E-state index contributed by atoms with van der Waals surface area (Å²) >= 11 is 5.38. The molecule has 0 saturated heterocycles. The molecule has 5 rings (SSSR count). The second-order valence-electron chi connectivity index (χ2n) is 5.75. The van der Waals surface area contributed by atoms with Crippen LogP contribution in [0.25, 0.3) is 21.1 Å². The fraction of sp³-hybridized carbons (Fsp3) is 0.188. The average Bonchev–Trinajstić information content (AvgIpc) is 3.19. The summed E-state index contributed by atoms with van der Waals surface area (Å²) in [7, 11) is 0. The average molecular weight is 401 g/mol. The van der Waals surface area contributed by atoms with Crippen LogP contribution in [0.2, 0.25) is 0 Å². The van der Waals surface area contributed by atoms with E-state index in [0.717, 1.165) is 56.6 Å². The fourth-order valence-electron chi connectivity index (χ4n) is 3.14. The molecule has 0 saturated carbocycles.